The number of amides is 1. The van der Waals surface area contributed by atoms with Crippen molar-refractivity contribution in [3.63, 3.8) is 0 Å². The van der Waals surface area contributed by atoms with Crippen molar-refractivity contribution >= 4 is 16.9 Å². The molecule has 4 nitrogen and oxygen atoms in total. The zero-order chi connectivity index (χ0) is 13.3. The van der Waals surface area contributed by atoms with E-state index in [1.807, 2.05) is 39.0 Å². The summed E-state index contributed by atoms with van der Waals surface area (Å²) < 4.78 is 5.50. The molecule has 1 aromatic heterocycles. The Morgan fingerprint density at radius 2 is 2.11 bits per heavy atom. The van der Waals surface area contributed by atoms with Gasteiger partial charge in [0.05, 0.1) is 0 Å². The van der Waals surface area contributed by atoms with Gasteiger partial charge < -0.3 is 15.5 Å². The molecule has 2 rings (SSSR count). The van der Waals surface area contributed by atoms with Crippen LogP contribution in [-0.4, -0.2) is 18.0 Å². The molecule has 3 N–H and O–H groups in total. The number of hydrogen-bond donors (Lipinski definition) is 2. The van der Waals surface area contributed by atoms with Gasteiger partial charge in [0.1, 0.15) is 5.58 Å². The number of hydrogen-bond acceptors (Lipinski definition) is 3. The Morgan fingerprint density at radius 3 is 2.78 bits per heavy atom. The number of nitrogens with two attached hydrogens (primary N) is 1. The van der Waals surface area contributed by atoms with Crippen LogP contribution in [0.4, 0.5) is 0 Å². The number of rotatable bonds is 3. The maximum Gasteiger partial charge on any atom is 0.287 e. The summed E-state index contributed by atoms with van der Waals surface area (Å²) in [6.07, 6.45) is 0. The van der Waals surface area contributed by atoms with Crippen molar-refractivity contribution in [2.24, 2.45) is 5.73 Å². The summed E-state index contributed by atoms with van der Waals surface area (Å²) >= 11 is 0. The summed E-state index contributed by atoms with van der Waals surface area (Å²) in [6, 6.07) is 7.56. The molecule has 0 aliphatic rings. The molecular weight excluding hydrogens is 228 g/mol. The van der Waals surface area contributed by atoms with Gasteiger partial charge in [0.2, 0.25) is 0 Å². The van der Waals surface area contributed by atoms with Crippen LogP contribution in [-0.2, 0) is 0 Å². The first-order valence-corrected chi connectivity index (χ1v) is 5.92. The van der Waals surface area contributed by atoms with Gasteiger partial charge in [-0.1, -0.05) is 11.6 Å². The summed E-state index contributed by atoms with van der Waals surface area (Å²) in [5.74, 6) is 0.0854. The number of aryl methyl sites for hydroxylation is 1. The number of fused-ring (bicyclic) bond motifs is 1. The zero-order valence-corrected chi connectivity index (χ0v) is 10.9. The van der Waals surface area contributed by atoms with E-state index in [4.69, 9.17) is 10.2 Å². The predicted molar refractivity (Wildman–Crippen MR) is 71.6 cm³/mol. The van der Waals surface area contributed by atoms with Gasteiger partial charge in [-0.3, -0.25) is 4.79 Å². The van der Waals surface area contributed by atoms with Crippen LogP contribution in [0.25, 0.3) is 11.0 Å². The summed E-state index contributed by atoms with van der Waals surface area (Å²) in [4.78, 5) is 11.9. The summed E-state index contributed by atoms with van der Waals surface area (Å²) in [5, 5.41) is 3.69. The fraction of sp³-hybridized carbons (Fsp3) is 0.357. The molecule has 1 heterocycles. The van der Waals surface area contributed by atoms with E-state index in [1.165, 1.54) is 0 Å². The molecule has 0 fully saturated rings. The molecular formula is C14H18N2O2. The van der Waals surface area contributed by atoms with E-state index in [0.29, 0.717) is 12.3 Å². The largest absolute Gasteiger partial charge is 0.451 e. The van der Waals surface area contributed by atoms with Crippen LogP contribution in [0.3, 0.4) is 0 Å². The highest BCUT2D eigenvalue weighted by Crippen LogP contribution is 2.20. The predicted octanol–water partition coefficient (Wildman–Crippen LogP) is 2.21. The number of carbonyl (C=O) groups is 1. The minimum absolute atomic E-state index is 0.234. The van der Waals surface area contributed by atoms with Gasteiger partial charge in [0, 0.05) is 17.5 Å². The Hall–Kier alpha value is -1.81. The highest BCUT2D eigenvalue weighted by molar-refractivity contribution is 5.96. The summed E-state index contributed by atoms with van der Waals surface area (Å²) in [7, 11) is 0. The van der Waals surface area contributed by atoms with Crippen LogP contribution in [0.5, 0.6) is 0 Å². The van der Waals surface area contributed by atoms with E-state index in [-0.39, 0.29) is 5.91 Å². The molecule has 0 aliphatic heterocycles. The lowest BCUT2D eigenvalue weighted by atomic mass is 10.1. The Balaban J connectivity index is 2.18. The average Bonchev–Trinajstić information content (AvgIpc) is 2.67. The molecule has 4 heteroatoms. The van der Waals surface area contributed by atoms with Crippen molar-refractivity contribution in [3.05, 3.63) is 35.6 Å². The quantitative estimate of drug-likeness (QED) is 0.872. The smallest absolute Gasteiger partial charge is 0.287 e. The van der Waals surface area contributed by atoms with Crippen molar-refractivity contribution in [3.8, 4) is 0 Å². The molecule has 0 unspecified atom stereocenters. The molecule has 0 spiro atoms. The van der Waals surface area contributed by atoms with Crippen LogP contribution >= 0.6 is 0 Å². The van der Waals surface area contributed by atoms with E-state index >= 15 is 0 Å². The monoisotopic (exact) mass is 246 g/mol. The van der Waals surface area contributed by atoms with Crippen LogP contribution in [0.2, 0.25) is 0 Å². The van der Waals surface area contributed by atoms with E-state index in [1.54, 1.807) is 6.07 Å². The molecule has 18 heavy (non-hydrogen) atoms. The third-order valence-corrected chi connectivity index (χ3v) is 2.60. The second-order valence-electron chi connectivity index (χ2n) is 5.32. The number of nitrogens with one attached hydrogen (secondary N) is 1. The molecule has 0 saturated heterocycles. The molecule has 2 aromatic rings. The van der Waals surface area contributed by atoms with Crippen LogP contribution in [0, 0.1) is 6.92 Å². The van der Waals surface area contributed by atoms with E-state index < -0.39 is 5.54 Å². The van der Waals surface area contributed by atoms with Gasteiger partial charge in [0.25, 0.3) is 5.91 Å². The van der Waals surface area contributed by atoms with E-state index in [0.717, 1.165) is 16.5 Å². The third kappa shape index (κ3) is 2.90. The highest BCUT2D eigenvalue weighted by atomic mass is 16.3. The Bertz CT molecular complexity index is 579. The Morgan fingerprint density at radius 1 is 1.39 bits per heavy atom. The molecule has 1 aromatic carbocycles. The van der Waals surface area contributed by atoms with Crippen molar-refractivity contribution in [1.29, 1.82) is 0 Å². The first-order chi connectivity index (χ1) is 8.35. The highest BCUT2D eigenvalue weighted by Gasteiger charge is 2.16. The Kier molecular flexibility index (Phi) is 3.13. The lowest BCUT2D eigenvalue weighted by Gasteiger charge is -2.18. The second-order valence-corrected chi connectivity index (χ2v) is 5.32. The van der Waals surface area contributed by atoms with Crippen molar-refractivity contribution in [2.75, 3.05) is 6.54 Å². The number of carbonyl (C=O) groups excluding carboxylic acids is 1. The molecule has 0 saturated carbocycles. The van der Waals surface area contributed by atoms with Crippen LogP contribution < -0.4 is 11.1 Å². The molecule has 0 bridgehead atoms. The topological polar surface area (TPSA) is 68.3 Å². The zero-order valence-electron chi connectivity index (χ0n) is 10.9. The average molecular weight is 246 g/mol. The van der Waals surface area contributed by atoms with Crippen molar-refractivity contribution in [2.45, 2.75) is 26.3 Å². The van der Waals surface area contributed by atoms with E-state index in [2.05, 4.69) is 5.32 Å². The van der Waals surface area contributed by atoms with Gasteiger partial charge in [-0.2, -0.15) is 0 Å². The van der Waals surface area contributed by atoms with Gasteiger partial charge in [-0.15, -0.1) is 0 Å². The first-order valence-electron chi connectivity index (χ1n) is 5.92. The van der Waals surface area contributed by atoms with Crippen LogP contribution in [0.1, 0.15) is 30.0 Å². The molecule has 0 aliphatic carbocycles. The first kappa shape index (κ1) is 12.6. The summed E-state index contributed by atoms with van der Waals surface area (Å²) in [6.45, 7) is 6.12. The number of benzene rings is 1. The Labute approximate surface area is 106 Å². The lowest BCUT2D eigenvalue weighted by Crippen LogP contribution is -2.45. The van der Waals surface area contributed by atoms with Crippen molar-refractivity contribution in [1.82, 2.24) is 5.32 Å². The number of furan rings is 1. The summed E-state index contributed by atoms with van der Waals surface area (Å²) in [5.41, 5.74) is 7.24. The van der Waals surface area contributed by atoms with Gasteiger partial charge in [-0.05, 0) is 39.0 Å². The van der Waals surface area contributed by atoms with Crippen molar-refractivity contribution < 1.29 is 9.21 Å². The lowest BCUT2D eigenvalue weighted by molar-refractivity contribution is 0.0920. The maximum absolute atomic E-state index is 11.9. The molecule has 0 radical (unpaired) electrons. The van der Waals surface area contributed by atoms with Gasteiger partial charge in [0.15, 0.2) is 5.76 Å². The molecule has 0 atom stereocenters. The third-order valence-electron chi connectivity index (χ3n) is 2.60. The van der Waals surface area contributed by atoms with Gasteiger partial charge in [-0.25, -0.2) is 0 Å². The maximum atomic E-state index is 11.9. The van der Waals surface area contributed by atoms with Gasteiger partial charge >= 0.3 is 0 Å². The normalized spacial score (nSPS) is 11.8. The minimum atomic E-state index is -0.432. The van der Waals surface area contributed by atoms with E-state index in [9.17, 15) is 4.79 Å². The second kappa shape index (κ2) is 4.46. The van der Waals surface area contributed by atoms with Crippen LogP contribution in [0.15, 0.2) is 28.7 Å². The minimum Gasteiger partial charge on any atom is -0.451 e. The fourth-order valence-corrected chi connectivity index (χ4v) is 1.67. The SMILES string of the molecule is Cc1ccc2oc(C(=O)NCC(C)(C)N)cc2c1. The fourth-order valence-electron chi connectivity index (χ4n) is 1.67. The molecule has 1 amide bonds. The molecule has 96 valence electrons. The standard InChI is InChI=1S/C14H18N2O2/c1-9-4-5-11-10(6-9)7-12(18-11)13(17)16-8-14(2,3)15/h4-7H,8,15H2,1-3H3,(H,16,17).